The van der Waals surface area contributed by atoms with Crippen molar-refractivity contribution in [2.24, 2.45) is 23.7 Å². The van der Waals surface area contributed by atoms with Crippen molar-refractivity contribution in [1.82, 2.24) is 0 Å². The molecule has 0 saturated heterocycles. The van der Waals surface area contributed by atoms with Gasteiger partial charge in [-0.15, -0.1) is 0 Å². The van der Waals surface area contributed by atoms with Gasteiger partial charge in [0.2, 0.25) is 0 Å². The van der Waals surface area contributed by atoms with Crippen molar-refractivity contribution in [2.75, 3.05) is 0 Å². The third-order valence-corrected chi connectivity index (χ3v) is 3.49. The summed E-state index contributed by atoms with van der Waals surface area (Å²) in [5.74, 6) is 2.89. The van der Waals surface area contributed by atoms with Gasteiger partial charge in [-0.25, -0.2) is 0 Å². The highest BCUT2D eigenvalue weighted by Crippen LogP contribution is 2.34. The first-order valence-corrected chi connectivity index (χ1v) is 6.34. The Balaban J connectivity index is 2.92. The van der Waals surface area contributed by atoms with Gasteiger partial charge < -0.3 is 0 Å². The van der Waals surface area contributed by atoms with Crippen LogP contribution in [0.4, 0.5) is 0 Å². The Morgan fingerprint density at radius 2 is 1.60 bits per heavy atom. The van der Waals surface area contributed by atoms with Gasteiger partial charge in [0.1, 0.15) is 0 Å². The standard InChI is InChI=1S/C15H26/c1-10(2)13-7-14(11(3)4)9-15(8-13)12(5)6/h7-8,10-12,14H,9H2,1-6H3. The van der Waals surface area contributed by atoms with Gasteiger partial charge in [-0.05, 0) is 35.7 Å². The molecule has 0 radical (unpaired) electrons. The third kappa shape index (κ3) is 3.22. The van der Waals surface area contributed by atoms with Crippen LogP contribution in [0.15, 0.2) is 23.3 Å². The molecule has 1 atom stereocenters. The second kappa shape index (κ2) is 5.01. The summed E-state index contributed by atoms with van der Waals surface area (Å²) in [6, 6.07) is 0. The van der Waals surface area contributed by atoms with E-state index in [4.69, 9.17) is 0 Å². The highest BCUT2D eigenvalue weighted by Gasteiger charge is 2.20. The van der Waals surface area contributed by atoms with Crippen LogP contribution in [0, 0.1) is 23.7 Å². The zero-order valence-electron chi connectivity index (χ0n) is 11.2. The van der Waals surface area contributed by atoms with Crippen molar-refractivity contribution < 1.29 is 0 Å². The normalized spacial score (nSPS) is 22.3. The molecule has 1 rings (SSSR count). The predicted octanol–water partition coefficient (Wildman–Crippen LogP) is 4.83. The SMILES string of the molecule is CC(C)C1=CC(C(C)C)CC(C(C)C)=C1. The number of hydrogen-bond acceptors (Lipinski definition) is 0. The first-order valence-electron chi connectivity index (χ1n) is 6.34. The van der Waals surface area contributed by atoms with Crippen LogP contribution in [0.5, 0.6) is 0 Å². The molecule has 0 bridgehead atoms. The summed E-state index contributed by atoms with van der Waals surface area (Å²) in [5, 5.41) is 0. The first-order chi connectivity index (χ1) is 6.91. The lowest BCUT2D eigenvalue weighted by atomic mass is 9.78. The van der Waals surface area contributed by atoms with Crippen LogP contribution in [0.2, 0.25) is 0 Å². The lowest BCUT2D eigenvalue weighted by molar-refractivity contribution is 0.436. The molecule has 1 unspecified atom stereocenters. The summed E-state index contributed by atoms with van der Waals surface area (Å²) in [7, 11) is 0. The topological polar surface area (TPSA) is 0 Å². The van der Waals surface area contributed by atoms with Crippen LogP contribution < -0.4 is 0 Å². The zero-order chi connectivity index (χ0) is 11.6. The molecule has 0 heterocycles. The monoisotopic (exact) mass is 206 g/mol. The minimum absolute atomic E-state index is 0.667. The van der Waals surface area contributed by atoms with Crippen LogP contribution >= 0.6 is 0 Å². The number of allylic oxidation sites excluding steroid dienone is 4. The summed E-state index contributed by atoms with van der Waals surface area (Å²) in [6.07, 6.45) is 6.21. The molecule has 0 saturated carbocycles. The van der Waals surface area contributed by atoms with E-state index in [0.29, 0.717) is 11.8 Å². The van der Waals surface area contributed by atoms with E-state index in [0.717, 1.165) is 11.8 Å². The smallest absolute Gasteiger partial charge is 0.0167 e. The maximum atomic E-state index is 2.50. The van der Waals surface area contributed by atoms with E-state index in [-0.39, 0.29) is 0 Å². The summed E-state index contributed by atoms with van der Waals surface area (Å²) < 4.78 is 0. The molecular formula is C15H26. The second-order valence-electron chi connectivity index (χ2n) is 5.81. The van der Waals surface area contributed by atoms with Crippen molar-refractivity contribution in [3.05, 3.63) is 23.3 Å². The van der Waals surface area contributed by atoms with Crippen LogP contribution in [-0.4, -0.2) is 0 Å². The predicted molar refractivity (Wildman–Crippen MR) is 68.8 cm³/mol. The molecular weight excluding hydrogens is 180 g/mol. The fourth-order valence-electron chi connectivity index (χ4n) is 2.09. The van der Waals surface area contributed by atoms with E-state index < -0.39 is 0 Å². The maximum absolute atomic E-state index is 2.50. The summed E-state index contributed by atoms with van der Waals surface area (Å²) in [4.78, 5) is 0. The van der Waals surface area contributed by atoms with E-state index >= 15 is 0 Å². The van der Waals surface area contributed by atoms with Crippen molar-refractivity contribution in [3.8, 4) is 0 Å². The molecule has 0 fully saturated rings. The molecule has 1 aliphatic rings. The largest absolute Gasteiger partial charge is 0.0774 e. The van der Waals surface area contributed by atoms with Crippen LogP contribution in [-0.2, 0) is 0 Å². The van der Waals surface area contributed by atoms with Crippen LogP contribution in [0.1, 0.15) is 48.0 Å². The third-order valence-electron chi connectivity index (χ3n) is 3.49. The molecule has 0 aromatic carbocycles. The van der Waals surface area contributed by atoms with Crippen molar-refractivity contribution >= 4 is 0 Å². The molecule has 0 aliphatic heterocycles. The molecule has 0 heteroatoms. The van der Waals surface area contributed by atoms with Gasteiger partial charge in [0, 0.05) is 0 Å². The van der Waals surface area contributed by atoms with Gasteiger partial charge >= 0.3 is 0 Å². The molecule has 0 aromatic rings. The van der Waals surface area contributed by atoms with Crippen molar-refractivity contribution in [3.63, 3.8) is 0 Å². The average Bonchev–Trinajstić information content (AvgIpc) is 2.16. The Hall–Kier alpha value is -0.520. The molecule has 0 N–H and O–H groups in total. The highest BCUT2D eigenvalue weighted by atomic mass is 14.3. The number of rotatable bonds is 3. The molecule has 0 amide bonds. The van der Waals surface area contributed by atoms with E-state index in [1.54, 1.807) is 11.1 Å². The van der Waals surface area contributed by atoms with Gasteiger partial charge in [-0.3, -0.25) is 0 Å². The van der Waals surface area contributed by atoms with E-state index in [9.17, 15) is 0 Å². The number of hydrogen-bond donors (Lipinski definition) is 0. The Morgan fingerprint density at radius 3 is 2.00 bits per heavy atom. The van der Waals surface area contributed by atoms with Gasteiger partial charge in [0.05, 0.1) is 0 Å². The Kier molecular flexibility index (Phi) is 4.19. The molecule has 0 nitrogen and oxygen atoms in total. The Bertz CT molecular complexity index is 264. The lowest BCUT2D eigenvalue weighted by Crippen LogP contribution is -2.15. The molecule has 15 heavy (non-hydrogen) atoms. The van der Waals surface area contributed by atoms with E-state index in [1.165, 1.54) is 6.42 Å². The molecule has 0 aromatic heterocycles. The van der Waals surface area contributed by atoms with Crippen molar-refractivity contribution in [1.29, 1.82) is 0 Å². The van der Waals surface area contributed by atoms with Gasteiger partial charge in [0.15, 0.2) is 0 Å². The van der Waals surface area contributed by atoms with Gasteiger partial charge in [0.25, 0.3) is 0 Å². The lowest BCUT2D eigenvalue weighted by Gasteiger charge is -2.28. The highest BCUT2D eigenvalue weighted by molar-refractivity contribution is 5.31. The molecule has 86 valence electrons. The second-order valence-corrected chi connectivity index (χ2v) is 5.81. The zero-order valence-corrected chi connectivity index (χ0v) is 11.2. The maximum Gasteiger partial charge on any atom is -0.0167 e. The summed E-state index contributed by atoms with van der Waals surface area (Å²) in [6.45, 7) is 13.9. The van der Waals surface area contributed by atoms with Crippen molar-refractivity contribution in [2.45, 2.75) is 48.0 Å². The minimum atomic E-state index is 0.667. The van der Waals surface area contributed by atoms with Gasteiger partial charge in [-0.2, -0.15) is 0 Å². The summed E-state index contributed by atoms with van der Waals surface area (Å²) in [5.41, 5.74) is 3.18. The first kappa shape index (κ1) is 12.5. The van der Waals surface area contributed by atoms with E-state index in [1.807, 2.05) is 0 Å². The Morgan fingerprint density at radius 1 is 1.00 bits per heavy atom. The fourth-order valence-corrected chi connectivity index (χ4v) is 2.09. The molecule has 1 aliphatic carbocycles. The Labute approximate surface area is 95.5 Å². The fraction of sp³-hybridized carbons (Fsp3) is 0.733. The van der Waals surface area contributed by atoms with Crippen LogP contribution in [0.3, 0.4) is 0 Å². The minimum Gasteiger partial charge on any atom is -0.0774 e. The molecule has 0 spiro atoms. The van der Waals surface area contributed by atoms with Crippen LogP contribution in [0.25, 0.3) is 0 Å². The quantitative estimate of drug-likeness (QED) is 0.620. The van der Waals surface area contributed by atoms with Gasteiger partial charge in [-0.1, -0.05) is 59.3 Å². The van der Waals surface area contributed by atoms with E-state index in [2.05, 4.69) is 53.7 Å². The summed E-state index contributed by atoms with van der Waals surface area (Å²) >= 11 is 0. The average molecular weight is 206 g/mol.